The Morgan fingerprint density at radius 2 is 1.94 bits per heavy atom. The molecule has 6 nitrogen and oxygen atoms in total. The quantitative estimate of drug-likeness (QED) is 0.523. The van der Waals surface area contributed by atoms with Crippen molar-refractivity contribution in [2.75, 3.05) is 0 Å². The van der Waals surface area contributed by atoms with Crippen LogP contribution in [-0.2, 0) is 0 Å². The van der Waals surface area contributed by atoms with Gasteiger partial charge in [0, 0.05) is 5.02 Å². The maximum absolute atomic E-state index is 11.8. The lowest BCUT2D eigenvalue weighted by atomic mass is 10.2. The van der Waals surface area contributed by atoms with E-state index in [9.17, 15) is 4.79 Å². The van der Waals surface area contributed by atoms with Gasteiger partial charge in [-0.3, -0.25) is 4.79 Å². The molecular formula is C8H9Cl2N5O. The molecular weight excluding hydrogens is 253 g/mol. The molecule has 86 valence electrons. The van der Waals surface area contributed by atoms with E-state index in [1.807, 2.05) is 0 Å². The summed E-state index contributed by atoms with van der Waals surface area (Å²) in [6, 6.07) is 4.70. The van der Waals surface area contributed by atoms with Crippen molar-refractivity contribution in [3.8, 4) is 0 Å². The first kappa shape index (κ1) is 11.6. The van der Waals surface area contributed by atoms with E-state index in [0.717, 1.165) is 0 Å². The van der Waals surface area contributed by atoms with Crippen LogP contribution in [0.3, 0.4) is 0 Å². The molecule has 0 saturated carbocycles. The Kier molecular flexibility index (Phi) is 3.59. The molecule has 0 spiro atoms. The summed E-state index contributed by atoms with van der Waals surface area (Å²) in [7, 11) is 0. The molecule has 0 aromatic heterocycles. The molecule has 1 aromatic rings. The van der Waals surface area contributed by atoms with E-state index in [0.29, 0.717) is 15.6 Å². The van der Waals surface area contributed by atoms with Crippen LogP contribution in [0.15, 0.2) is 18.2 Å². The summed E-state index contributed by atoms with van der Waals surface area (Å²) in [6.07, 6.45) is -0.428. The third-order valence-corrected chi connectivity index (χ3v) is 2.51. The van der Waals surface area contributed by atoms with E-state index in [4.69, 9.17) is 23.2 Å². The molecule has 1 saturated heterocycles. The van der Waals surface area contributed by atoms with Gasteiger partial charge in [0.25, 0.3) is 5.91 Å². The number of hydrogen-bond acceptors (Lipinski definition) is 5. The Hall–Kier alpha value is -0.890. The van der Waals surface area contributed by atoms with E-state index in [2.05, 4.69) is 27.2 Å². The smallest absolute Gasteiger partial charge is 0.255 e. The summed E-state index contributed by atoms with van der Waals surface area (Å²) in [5.41, 5.74) is 10.9. The molecule has 0 radical (unpaired) electrons. The Balaban J connectivity index is 2.10. The van der Waals surface area contributed by atoms with Crippen LogP contribution >= 0.6 is 23.2 Å². The normalized spacial score (nSPS) is 16.4. The average Bonchev–Trinajstić information content (AvgIpc) is 2.74. The van der Waals surface area contributed by atoms with E-state index in [1.165, 1.54) is 6.07 Å². The van der Waals surface area contributed by atoms with Crippen LogP contribution in [-0.4, -0.2) is 12.2 Å². The fourth-order valence-electron chi connectivity index (χ4n) is 1.21. The van der Waals surface area contributed by atoms with Crippen LogP contribution in [0.2, 0.25) is 10.0 Å². The monoisotopic (exact) mass is 261 g/mol. The van der Waals surface area contributed by atoms with Gasteiger partial charge in [-0.2, -0.15) is 11.1 Å². The standard InChI is InChI=1S/C8H9Cl2N5O/c9-4-1-2-6(10)5(3-4)7(16)11-8-12-14-15-13-8/h1-3,8,12-15H,(H,11,16). The molecule has 1 fully saturated rings. The minimum atomic E-state index is -0.428. The lowest BCUT2D eigenvalue weighted by Gasteiger charge is -2.12. The molecule has 0 bridgehead atoms. The number of carbonyl (C=O) groups excluding carboxylic acids is 1. The molecule has 1 aromatic carbocycles. The molecule has 1 amide bonds. The van der Waals surface area contributed by atoms with Crippen molar-refractivity contribution in [1.82, 2.24) is 27.2 Å². The second-order valence-corrected chi connectivity index (χ2v) is 3.91. The van der Waals surface area contributed by atoms with Gasteiger partial charge < -0.3 is 5.32 Å². The van der Waals surface area contributed by atoms with Crippen LogP contribution in [0.25, 0.3) is 0 Å². The zero-order valence-corrected chi connectivity index (χ0v) is 9.49. The third-order valence-electron chi connectivity index (χ3n) is 1.94. The molecule has 1 aliphatic heterocycles. The van der Waals surface area contributed by atoms with E-state index < -0.39 is 6.29 Å². The van der Waals surface area contributed by atoms with E-state index in [-0.39, 0.29) is 5.91 Å². The summed E-state index contributed by atoms with van der Waals surface area (Å²) in [5, 5.41) is 3.44. The van der Waals surface area contributed by atoms with Crippen LogP contribution in [0, 0.1) is 0 Å². The van der Waals surface area contributed by atoms with Crippen molar-refractivity contribution >= 4 is 29.1 Å². The Bertz CT molecular complexity index is 407. The van der Waals surface area contributed by atoms with E-state index >= 15 is 0 Å². The van der Waals surface area contributed by atoms with Gasteiger partial charge in [0.15, 0.2) is 6.29 Å². The second kappa shape index (κ2) is 4.96. The summed E-state index contributed by atoms with van der Waals surface area (Å²) in [4.78, 5) is 11.8. The number of nitrogens with one attached hydrogen (secondary N) is 5. The van der Waals surface area contributed by atoms with E-state index in [1.54, 1.807) is 12.1 Å². The highest BCUT2D eigenvalue weighted by Crippen LogP contribution is 2.20. The molecule has 0 unspecified atom stereocenters. The zero-order chi connectivity index (χ0) is 11.5. The fourth-order valence-corrected chi connectivity index (χ4v) is 1.58. The number of amides is 1. The molecule has 0 aliphatic carbocycles. The van der Waals surface area contributed by atoms with Crippen LogP contribution in [0.5, 0.6) is 0 Å². The Labute approximate surface area is 102 Å². The van der Waals surface area contributed by atoms with Crippen molar-refractivity contribution in [1.29, 1.82) is 0 Å². The summed E-state index contributed by atoms with van der Waals surface area (Å²) < 4.78 is 0. The third kappa shape index (κ3) is 2.62. The van der Waals surface area contributed by atoms with Crippen LogP contribution in [0.1, 0.15) is 10.4 Å². The van der Waals surface area contributed by atoms with Crippen molar-refractivity contribution in [3.05, 3.63) is 33.8 Å². The molecule has 2 rings (SSSR count). The lowest BCUT2D eigenvalue weighted by molar-refractivity contribution is 0.0927. The predicted octanol–water partition coefficient (Wildman–Crippen LogP) is 0.124. The number of carbonyl (C=O) groups is 1. The fraction of sp³-hybridized carbons (Fsp3) is 0.125. The van der Waals surface area contributed by atoms with Gasteiger partial charge in [-0.15, -0.1) is 0 Å². The number of halogens is 2. The number of benzene rings is 1. The first-order valence-electron chi connectivity index (χ1n) is 4.44. The van der Waals surface area contributed by atoms with Gasteiger partial charge >= 0.3 is 0 Å². The Morgan fingerprint density at radius 3 is 2.62 bits per heavy atom. The van der Waals surface area contributed by atoms with Gasteiger partial charge in [-0.1, -0.05) is 23.2 Å². The minimum absolute atomic E-state index is 0.324. The molecule has 1 heterocycles. The van der Waals surface area contributed by atoms with Crippen molar-refractivity contribution in [3.63, 3.8) is 0 Å². The van der Waals surface area contributed by atoms with Crippen molar-refractivity contribution < 1.29 is 4.79 Å². The predicted molar refractivity (Wildman–Crippen MR) is 60.3 cm³/mol. The van der Waals surface area contributed by atoms with Gasteiger partial charge in [-0.05, 0) is 18.2 Å². The van der Waals surface area contributed by atoms with Gasteiger partial charge in [-0.25, -0.2) is 10.9 Å². The lowest BCUT2D eigenvalue weighted by Crippen LogP contribution is -2.49. The topological polar surface area (TPSA) is 77.2 Å². The first-order chi connectivity index (χ1) is 7.66. The maximum atomic E-state index is 11.8. The van der Waals surface area contributed by atoms with Gasteiger partial charge in [0.05, 0.1) is 10.6 Å². The number of hydrazine groups is 3. The SMILES string of the molecule is O=C(NC1NNNN1)c1cc(Cl)ccc1Cl. The highest BCUT2D eigenvalue weighted by Gasteiger charge is 2.17. The van der Waals surface area contributed by atoms with Gasteiger partial charge in [0.1, 0.15) is 0 Å². The average molecular weight is 262 g/mol. The highest BCUT2D eigenvalue weighted by atomic mass is 35.5. The number of hydrogen-bond donors (Lipinski definition) is 5. The Morgan fingerprint density at radius 1 is 1.25 bits per heavy atom. The zero-order valence-electron chi connectivity index (χ0n) is 7.97. The molecule has 5 N–H and O–H groups in total. The number of rotatable bonds is 2. The summed E-state index contributed by atoms with van der Waals surface area (Å²) >= 11 is 11.7. The van der Waals surface area contributed by atoms with Crippen molar-refractivity contribution in [2.24, 2.45) is 0 Å². The highest BCUT2D eigenvalue weighted by molar-refractivity contribution is 6.35. The maximum Gasteiger partial charge on any atom is 0.255 e. The first-order valence-corrected chi connectivity index (χ1v) is 5.19. The van der Waals surface area contributed by atoms with Crippen LogP contribution < -0.4 is 27.2 Å². The van der Waals surface area contributed by atoms with Crippen LogP contribution in [0.4, 0.5) is 0 Å². The molecule has 8 heteroatoms. The van der Waals surface area contributed by atoms with Gasteiger partial charge in [0.2, 0.25) is 0 Å². The largest absolute Gasteiger partial charge is 0.322 e. The summed E-state index contributed by atoms with van der Waals surface area (Å²) in [5.74, 6) is -0.331. The molecule has 1 aliphatic rings. The molecule has 0 atom stereocenters. The second-order valence-electron chi connectivity index (χ2n) is 3.07. The molecule has 16 heavy (non-hydrogen) atoms. The minimum Gasteiger partial charge on any atom is -0.322 e. The van der Waals surface area contributed by atoms with Crippen molar-refractivity contribution in [2.45, 2.75) is 6.29 Å². The summed E-state index contributed by atoms with van der Waals surface area (Å²) in [6.45, 7) is 0.